The van der Waals surface area contributed by atoms with Gasteiger partial charge in [0.2, 0.25) is 30.4 Å². The van der Waals surface area contributed by atoms with Gasteiger partial charge in [0, 0.05) is 93.6 Å². The van der Waals surface area contributed by atoms with Crippen LogP contribution in [0.5, 0.6) is 34.5 Å². The summed E-state index contributed by atoms with van der Waals surface area (Å²) in [6.07, 6.45) is 13.0. The number of nitrogens with one attached hydrogen (secondary N) is 4. The van der Waals surface area contributed by atoms with Crippen molar-refractivity contribution in [3.05, 3.63) is 114 Å². The van der Waals surface area contributed by atoms with Crippen LogP contribution in [-0.4, -0.2) is 252 Å². The minimum absolute atomic E-state index is 0.0129. The Kier molecular flexibility index (Phi) is 31.4. The van der Waals surface area contributed by atoms with Gasteiger partial charge in [-0.2, -0.15) is 0 Å². The monoisotopic (exact) mass is 1510 g/mol. The smallest absolute Gasteiger partial charge is 0.260 e. The fourth-order valence-corrected chi connectivity index (χ4v) is 12.2. The number of nitrogens with zero attached hydrogens (tertiary/aromatic N) is 5. The zero-order valence-electron chi connectivity index (χ0n) is 62.2. The zero-order valence-corrected chi connectivity index (χ0v) is 62.2. The van der Waals surface area contributed by atoms with Crippen molar-refractivity contribution in [2.75, 3.05) is 158 Å². The highest BCUT2D eigenvalue weighted by atomic mass is 16.7. The minimum atomic E-state index is -0.941. The largest absolute Gasteiger partial charge is 0.493 e. The second kappa shape index (κ2) is 42.0. The third kappa shape index (κ3) is 23.7. The van der Waals surface area contributed by atoms with Crippen LogP contribution in [0.25, 0.3) is 11.1 Å². The molecule has 0 saturated carbocycles. The Bertz CT molecular complexity index is 3960. The van der Waals surface area contributed by atoms with E-state index < -0.39 is 35.7 Å². The maximum Gasteiger partial charge on any atom is 0.260 e. The highest BCUT2D eigenvalue weighted by molar-refractivity contribution is 6.13. The van der Waals surface area contributed by atoms with Gasteiger partial charge in [-0.1, -0.05) is 32.0 Å². The van der Waals surface area contributed by atoms with E-state index in [2.05, 4.69) is 21.3 Å². The molecule has 586 valence electrons. The molecule has 31 nitrogen and oxygen atoms in total. The maximum absolute atomic E-state index is 14.2. The predicted octanol–water partition coefficient (Wildman–Crippen LogP) is 6.54. The van der Waals surface area contributed by atoms with Gasteiger partial charge < -0.3 is 97.4 Å². The van der Waals surface area contributed by atoms with Crippen LogP contribution in [-0.2, 0) is 66.7 Å². The summed E-state index contributed by atoms with van der Waals surface area (Å²) in [7, 11) is 3.06. The fourth-order valence-electron chi connectivity index (χ4n) is 12.2. The molecule has 6 aliphatic heterocycles. The summed E-state index contributed by atoms with van der Waals surface area (Å²) in [5, 5.41) is 11.0. The van der Waals surface area contributed by atoms with E-state index in [1.165, 1.54) is 19.3 Å². The average molecular weight is 1510 g/mol. The SMILES string of the molecule is COc1cc2c(cc1OCCCCCOc1cc3c(cc1OC)C(=O)N1C=C(c4ccc5c(c4)OCO5)C[C@H]1C=N3)N=C[C@@H]1CC(c3ccc(NC(=O)[C@H](C)NC(=O)C(NC(=O)CCOCCOCCOCCOCCOCCOCCOCCOCCNC(=O)CCN4C(=O)C=CC4=O)C(C)C)cc3)=CN1C2=O. The molecule has 6 aliphatic rings. The molecule has 0 aromatic heterocycles. The second-order valence-corrected chi connectivity index (χ2v) is 26.2. The molecule has 0 aliphatic carbocycles. The summed E-state index contributed by atoms with van der Waals surface area (Å²) in [6, 6.07) is 17.4. The molecule has 1 unspecified atom stereocenters. The van der Waals surface area contributed by atoms with Crippen LogP contribution in [0.2, 0.25) is 0 Å². The zero-order chi connectivity index (χ0) is 76.9. The Hall–Kier alpha value is -10.1. The lowest BCUT2D eigenvalue weighted by molar-refractivity contribution is -0.137. The molecular weight excluding hydrogens is 1410 g/mol. The van der Waals surface area contributed by atoms with Gasteiger partial charge in [0.1, 0.15) is 12.1 Å². The van der Waals surface area contributed by atoms with E-state index in [0.29, 0.717) is 201 Å². The highest BCUT2D eigenvalue weighted by Crippen LogP contribution is 2.43. The summed E-state index contributed by atoms with van der Waals surface area (Å²) >= 11 is 0. The Balaban J connectivity index is 0.531. The minimum Gasteiger partial charge on any atom is -0.493 e. The molecule has 109 heavy (non-hydrogen) atoms. The number of fused-ring (bicyclic) bond motifs is 5. The number of methoxy groups -OCH3 is 2. The molecule has 0 spiro atoms. The van der Waals surface area contributed by atoms with Crippen LogP contribution < -0.4 is 49.7 Å². The molecule has 0 saturated heterocycles. The van der Waals surface area contributed by atoms with E-state index in [0.717, 1.165) is 33.6 Å². The molecular formula is C78H97N9O22. The molecule has 4 N–H and O–H groups in total. The van der Waals surface area contributed by atoms with Gasteiger partial charge in [-0.3, -0.25) is 53.2 Å². The van der Waals surface area contributed by atoms with Crippen LogP contribution in [0.1, 0.15) is 97.6 Å². The number of hydrogen-bond donors (Lipinski definition) is 4. The van der Waals surface area contributed by atoms with Crippen LogP contribution in [0.15, 0.2) is 101 Å². The van der Waals surface area contributed by atoms with E-state index in [9.17, 15) is 38.4 Å². The van der Waals surface area contributed by atoms with Crippen LogP contribution in [0.3, 0.4) is 0 Å². The van der Waals surface area contributed by atoms with Gasteiger partial charge in [-0.05, 0) is 90.8 Å². The van der Waals surface area contributed by atoms with Crippen molar-refractivity contribution >= 4 is 87.9 Å². The van der Waals surface area contributed by atoms with E-state index in [-0.39, 0.29) is 81.0 Å². The van der Waals surface area contributed by atoms with Gasteiger partial charge >= 0.3 is 0 Å². The first-order chi connectivity index (χ1) is 53.0. The fraction of sp³-hybridized carbons (Fsp3) is 0.487. The lowest BCUT2D eigenvalue weighted by Crippen LogP contribution is -2.53. The Morgan fingerprint density at radius 3 is 1.49 bits per heavy atom. The molecule has 0 radical (unpaired) electrons. The summed E-state index contributed by atoms with van der Waals surface area (Å²) in [4.78, 5) is 117. The molecule has 0 fully saturated rings. The number of amides is 8. The average Bonchev–Trinajstić information content (AvgIpc) is 1.66. The quantitative estimate of drug-likeness (QED) is 0.0269. The van der Waals surface area contributed by atoms with Gasteiger partial charge in [0.05, 0.1) is 168 Å². The number of imide groups is 1. The first kappa shape index (κ1) is 81.4. The maximum atomic E-state index is 14.2. The molecule has 10 rings (SSSR count). The lowest BCUT2D eigenvalue weighted by Gasteiger charge is -2.24. The van der Waals surface area contributed by atoms with Crippen LogP contribution >= 0.6 is 0 Å². The normalized spacial score (nSPS) is 16.4. The van der Waals surface area contributed by atoms with Crippen molar-refractivity contribution in [3.8, 4) is 34.5 Å². The Morgan fingerprint density at radius 1 is 0.505 bits per heavy atom. The number of ether oxygens (including phenoxy) is 14. The molecule has 4 aromatic rings. The number of carbonyl (C=O) groups excluding carboxylic acids is 8. The van der Waals surface area contributed by atoms with Crippen molar-refractivity contribution in [1.82, 2.24) is 30.7 Å². The number of hydrogen-bond acceptors (Lipinski definition) is 24. The summed E-state index contributed by atoms with van der Waals surface area (Å²) in [5.41, 5.74) is 5.94. The molecule has 8 amide bonds. The molecule has 4 aromatic carbocycles. The molecule has 4 atom stereocenters. The lowest BCUT2D eigenvalue weighted by atomic mass is 10.0. The van der Waals surface area contributed by atoms with Crippen molar-refractivity contribution in [1.29, 1.82) is 0 Å². The molecule has 31 heteroatoms. The van der Waals surface area contributed by atoms with E-state index in [1.54, 1.807) is 86.5 Å². The van der Waals surface area contributed by atoms with Crippen LogP contribution in [0, 0.1) is 5.92 Å². The number of benzene rings is 4. The standard InChI is InChI=1S/C78H97N9O22/c1-51(2)74(84-71(89)18-23-98-25-27-100-29-31-102-33-35-104-37-38-105-36-34-103-32-30-101-28-26-99-24-19-79-70(88)17-20-85-72(90)15-16-73(85)91)76(93)82-52(3)75(92)83-57-12-9-53(10-13-57)55-39-58-46-80-62-44-68(65(96-4)42-60(62)77(94)86(58)48-55)106-21-7-6-8-22-107-69-45-63-61(43-66(69)97-5)78(95)87-49-56(40-59(87)47-81-63)54-11-14-64-67(41-54)109-50-108-64/h9-16,41-49,51-52,58-59,74H,6-8,17-40,50H2,1-5H3,(H,79,88)(H,82,93)(H,83,92)(H,84,89)/t52-,58-,59-,74?/m0/s1. The molecule has 0 bridgehead atoms. The molecule has 6 heterocycles. The first-order valence-electron chi connectivity index (χ1n) is 36.7. The third-order valence-corrected chi connectivity index (χ3v) is 18.1. The van der Waals surface area contributed by atoms with E-state index in [1.807, 2.05) is 42.7 Å². The van der Waals surface area contributed by atoms with E-state index in [4.69, 9.17) is 76.3 Å². The predicted molar refractivity (Wildman–Crippen MR) is 399 cm³/mol. The number of anilines is 1. The number of unbranched alkanes of at least 4 members (excludes halogenated alkanes) is 2. The summed E-state index contributed by atoms with van der Waals surface area (Å²) in [5.74, 6) is 0.00644. The Labute approximate surface area is 632 Å². The van der Waals surface area contributed by atoms with Gasteiger partial charge in [0.15, 0.2) is 34.5 Å². The highest BCUT2D eigenvalue weighted by Gasteiger charge is 2.37. The number of aliphatic imine (C=N–C) groups is 2. The van der Waals surface area contributed by atoms with Crippen molar-refractivity contribution in [2.24, 2.45) is 15.9 Å². The van der Waals surface area contributed by atoms with Gasteiger partial charge in [-0.25, -0.2) is 0 Å². The topological polar surface area (TPSA) is 348 Å². The van der Waals surface area contributed by atoms with Gasteiger partial charge in [0.25, 0.3) is 23.6 Å². The van der Waals surface area contributed by atoms with Gasteiger partial charge in [-0.15, -0.1) is 0 Å². The van der Waals surface area contributed by atoms with E-state index >= 15 is 0 Å². The third-order valence-electron chi connectivity index (χ3n) is 18.1. The Morgan fingerprint density at radius 2 is 0.982 bits per heavy atom. The van der Waals surface area contributed by atoms with Crippen molar-refractivity contribution in [2.45, 2.75) is 89.9 Å². The van der Waals surface area contributed by atoms with Crippen molar-refractivity contribution < 1.29 is 105 Å². The first-order valence-corrected chi connectivity index (χ1v) is 36.7. The van der Waals surface area contributed by atoms with Crippen LogP contribution in [0.4, 0.5) is 17.1 Å². The number of carbonyl (C=O) groups is 8. The van der Waals surface area contributed by atoms with Crippen molar-refractivity contribution in [3.63, 3.8) is 0 Å². The second-order valence-electron chi connectivity index (χ2n) is 26.2. The summed E-state index contributed by atoms with van der Waals surface area (Å²) < 4.78 is 78.9. The summed E-state index contributed by atoms with van der Waals surface area (Å²) in [6.45, 7) is 12.1. The number of rotatable bonds is 48.